The lowest BCUT2D eigenvalue weighted by Gasteiger charge is -2.21. The molecule has 94 valence electrons. The van der Waals surface area contributed by atoms with Crippen molar-refractivity contribution < 1.29 is 13.5 Å². The lowest BCUT2D eigenvalue weighted by molar-refractivity contribution is 0.102. The molecule has 0 spiro atoms. The number of nitriles is 1. The Morgan fingerprint density at radius 2 is 2.00 bits per heavy atom. The number of hydrogen-bond acceptors (Lipinski definition) is 3. The summed E-state index contributed by atoms with van der Waals surface area (Å²) in [5, 5.41) is 11.5. The van der Waals surface area contributed by atoms with Gasteiger partial charge in [0.15, 0.2) is 11.6 Å². The molecule has 3 rings (SSSR count). The molecular formula is C13H12F2N2O. The maximum absolute atomic E-state index is 13.7. The zero-order chi connectivity index (χ0) is 12.7. The summed E-state index contributed by atoms with van der Waals surface area (Å²) in [7, 11) is 0. The molecule has 3 nitrogen and oxygen atoms in total. The van der Waals surface area contributed by atoms with Crippen LogP contribution in [0.2, 0.25) is 0 Å². The van der Waals surface area contributed by atoms with E-state index in [-0.39, 0.29) is 29.5 Å². The SMILES string of the molecule is N#Cc1cc(F)c(NC2CC3CCC2O3)c(F)c1. The Hall–Kier alpha value is -1.67. The van der Waals surface area contributed by atoms with Gasteiger partial charge in [0, 0.05) is 0 Å². The Balaban J connectivity index is 1.83. The highest BCUT2D eigenvalue weighted by Crippen LogP contribution is 2.36. The van der Waals surface area contributed by atoms with Crippen LogP contribution in [0.1, 0.15) is 24.8 Å². The lowest BCUT2D eigenvalue weighted by atomic mass is 9.95. The average Bonchev–Trinajstić information content (AvgIpc) is 2.95. The second-order valence-corrected chi connectivity index (χ2v) is 4.79. The van der Waals surface area contributed by atoms with Gasteiger partial charge in [0.2, 0.25) is 0 Å². The number of benzene rings is 1. The fourth-order valence-electron chi connectivity index (χ4n) is 2.75. The summed E-state index contributed by atoms with van der Waals surface area (Å²) in [4.78, 5) is 0. The van der Waals surface area contributed by atoms with Gasteiger partial charge in [-0.2, -0.15) is 5.26 Å². The molecule has 3 atom stereocenters. The Bertz CT molecular complexity index is 503. The molecule has 18 heavy (non-hydrogen) atoms. The van der Waals surface area contributed by atoms with E-state index < -0.39 is 11.6 Å². The first-order valence-corrected chi connectivity index (χ1v) is 5.98. The van der Waals surface area contributed by atoms with E-state index in [2.05, 4.69) is 5.32 Å². The number of rotatable bonds is 2. The monoisotopic (exact) mass is 250 g/mol. The number of anilines is 1. The van der Waals surface area contributed by atoms with E-state index in [1.54, 1.807) is 6.07 Å². The highest BCUT2D eigenvalue weighted by atomic mass is 19.1. The molecule has 5 heteroatoms. The second kappa shape index (κ2) is 4.21. The first kappa shape index (κ1) is 11.4. The van der Waals surface area contributed by atoms with Gasteiger partial charge in [-0.05, 0) is 31.4 Å². The van der Waals surface area contributed by atoms with Crippen LogP contribution in [0.15, 0.2) is 12.1 Å². The number of nitrogens with zero attached hydrogens (tertiary/aromatic N) is 1. The highest BCUT2D eigenvalue weighted by Gasteiger charge is 2.41. The van der Waals surface area contributed by atoms with Crippen molar-refractivity contribution in [1.29, 1.82) is 5.26 Å². The molecule has 2 bridgehead atoms. The molecule has 1 aromatic carbocycles. The van der Waals surface area contributed by atoms with Crippen LogP contribution in [0, 0.1) is 23.0 Å². The minimum Gasteiger partial charge on any atom is -0.375 e. The average molecular weight is 250 g/mol. The van der Waals surface area contributed by atoms with E-state index in [4.69, 9.17) is 10.00 Å². The van der Waals surface area contributed by atoms with Crippen LogP contribution in [-0.2, 0) is 4.74 Å². The molecule has 0 amide bonds. The maximum Gasteiger partial charge on any atom is 0.150 e. The summed E-state index contributed by atoms with van der Waals surface area (Å²) in [6.45, 7) is 0. The Morgan fingerprint density at radius 1 is 1.28 bits per heavy atom. The van der Waals surface area contributed by atoms with Gasteiger partial charge in [0.05, 0.1) is 29.9 Å². The molecule has 3 unspecified atom stereocenters. The quantitative estimate of drug-likeness (QED) is 0.877. The molecule has 2 aliphatic heterocycles. The first-order valence-electron chi connectivity index (χ1n) is 5.98. The molecule has 0 aromatic heterocycles. The third-order valence-electron chi connectivity index (χ3n) is 3.61. The van der Waals surface area contributed by atoms with Gasteiger partial charge in [0.1, 0.15) is 5.69 Å². The summed E-state index contributed by atoms with van der Waals surface area (Å²) in [5.74, 6) is -1.45. The molecule has 0 radical (unpaired) electrons. The topological polar surface area (TPSA) is 45.0 Å². The number of fused-ring (bicyclic) bond motifs is 2. The second-order valence-electron chi connectivity index (χ2n) is 4.79. The number of nitrogens with one attached hydrogen (secondary N) is 1. The Labute approximate surface area is 103 Å². The van der Waals surface area contributed by atoms with Crippen LogP contribution in [0.3, 0.4) is 0 Å². The summed E-state index contributed by atoms with van der Waals surface area (Å²) in [6, 6.07) is 3.77. The molecule has 1 aromatic rings. The zero-order valence-corrected chi connectivity index (χ0v) is 9.62. The summed E-state index contributed by atoms with van der Waals surface area (Å²) >= 11 is 0. The van der Waals surface area contributed by atoms with E-state index in [1.807, 2.05) is 0 Å². The van der Waals surface area contributed by atoms with Gasteiger partial charge in [0.25, 0.3) is 0 Å². The van der Waals surface area contributed by atoms with Gasteiger partial charge in [-0.25, -0.2) is 8.78 Å². The van der Waals surface area contributed by atoms with Crippen LogP contribution in [0.4, 0.5) is 14.5 Å². The van der Waals surface area contributed by atoms with Crippen LogP contribution in [-0.4, -0.2) is 18.2 Å². The van der Waals surface area contributed by atoms with Crippen molar-refractivity contribution in [1.82, 2.24) is 0 Å². The van der Waals surface area contributed by atoms with E-state index >= 15 is 0 Å². The number of hydrogen-bond donors (Lipinski definition) is 1. The molecular weight excluding hydrogens is 238 g/mol. The lowest BCUT2D eigenvalue weighted by Crippen LogP contribution is -2.31. The van der Waals surface area contributed by atoms with Gasteiger partial charge in [-0.15, -0.1) is 0 Å². The third kappa shape index (κ3) is 1.83. The van der Waals surface area contributed by atoms with Gasteiger partial charge >= 0.3 is 0 Å². The van der Waals surface area contributed by atoms with Crippen molar-refractivity contribution in [2.45, 2.75) is 37.5 Å². The van der Waals surface area contributed by atoms with E-state index in [9.17, 15) is 8.78 Å². The predicted molar refractivity (Wildman–Crippen MR) is 61.0 cm³/mol. The van der Waals surface area contributed by atoms with Crippen LogP contribution < -0.4 is 5.32 Å². The molecule has 1 N–H and O–H groups in total. The fourth-order valence-corrected chi connectivity index (χ4v) is 2.75. The number of halogens is 2. The zero-order valence-electron chi connectivity index (χ0n) is 9.62. The van der Waals surface area contributed by atoms with E-state index in [0.29, 0.717) is 0 Å². The van der Waals surface area contributed by atoms with Gasteiger partial charge < -0.3 is 10.1 Å². The molecule has 0 aliphatic carbocycles. The summed E-state index contributed by atoms with van der Waals surface area (Å²) in [5.41, 5.74) is -0.171. The van der Waals surface area contributed by atoms with Crippen LogP contribution in [0.5, 0.6) is 0 Å². The molecule has 2 aliphatic rings. The molecule has 2 fully saturated rings. The van der Waals surface area contributed by atoms with Crippen molar-refractivity contribution in [2.75, 3.05) is 5.32 Å². The third-order valence-corrected chi connectivity index (χ3v) is 3.61. The number of ether oxygens (including phenoxy) is 1. The molecule has 0 saturated carbocycles. The standard InChI is InChI=1S/C13H12F2N2O/c14-9-3-7(6-16)4-10(15)13(9)17-11-5-8-1-2-12(11)18-8/h3-4,8,11-12,17H,1-2,5H2. The highest BCUT2D eigenvalue weighted by molar-refractivity contribution is 5.51. The van der Waals surface area contributed by atoms with Crippen molar-refractivity contribution >= 4 is 5.69 Å². The largest absolute Gasteiger partial charge is 0.375 e. The predicted octanol–water partition coefficient (Wildman–Crippen LogP) is 2.57. The smallest absolute Gasteiger partial charge is 0.150 e. The molecule has 2 saturated heterocycles. The van der Waals surface area contributed by atoms with E-state index in [1.165, 1.54) is 0 Å². The first-order chi connectivity index (χ1) is 8.67. The summed E-state index contributed by atoms with van der Waals surface area (Å²) in [6.07, 6.45) is 3.01. The van der Waals surface area contributed by atoms with Crippen molar-refractivity contribution in [3.63, 3.8) is 0 Å². The van der Waals surface area contributed by atoms with Gasteiger partial charge in [-0.3, -0.25) is 0 Å². The molecule has 2 heterocycles. The van der Waals surface area contributed by atoms with Crippen LogP contribution in [0.25, 0.3) is 0 Å². The Morgan fingerprint density at radius 3 is 2.50 bits per heavy atom. The van der Waals surface area contributed by atoms with E-state index in [0.717, 1.165) is 31.4 Å². The normalized spacial score (nSPS) is 29.3. The minimum atomic E-state index is -0.727. The van der Waals surface area contributed by atoms with Gasteiger partial charge in [-0.1, -0.05) is 0 Å². The maximum atomic E-state index is 13.7. The van der Waals surface area contributed by atoms with Crippen molar-refractivity contribution in [3.8, 4) is 6.07 Å². The fraction of sp³-hybridized carbons (Fsp3) is 0.462. The Kier molecular flexibility index (Phi) is 2.67. The minimum absolute atomic E-state index is 0.0141. The van der Waals surface area contributed by atoms with Crippen molar-refractivity contribution in [2.24, 2.45) is 0 Å². The summed E-state index contributed by atoms with van der Waals surface area (Å²) < 4.78 is 33.0. The van der Waals surface area contributed by atoms with Crippen LogP contribution >= 0.6 is 0 Å². The van der Waals surface area contributed by atoms with Crippen molar-refractivity contribution in [3.05, 3.63) is 29.3 Å².